The van der Waals surface area contributed by atoms with Crippen LogP contribution in [0.3, 0.4) is 0 Å². The van der Waals surface area contributed by atoms with Gasteiger partial charge in [-0.2, -0.15) is 0 Å². The molecule has 3 N–H and O–H groups in total. The summed E-state index contributed by atoms with van der Waals surface area (Å²) in [5.74, 6) is 0.335. The summed E-state index contributed by atoms with van der Waals surface area (Å²) < 4.78 is 7.42. The van der Waals surface area contributed by atoms with Gasteiger partial charge in [-0.15, -0.1) is 0 Å². The number of imidazole rings is 1. The van der Waals surface area contributed by atoms with Crippen LogP contribution in [-0.4, -0.2) is 27.2 Å². The van der Waals surface area contributed by atoms with E-state index < -0.39 is 5.97 Å². The summed E-state index contributed by atoms with van der Waals surface area (Å²) in [5, 5.41) is 8.95. The zero-order valence-electron chi connectivity index (χ0n) is 10.5. The summed E-state index contributed by atoms with van der Waals surface area (Å²) in [6.45, 7) is 0.424. The van der Waals surface area contributed by atoms with E-state index in [-0.39, 0.29) is 11.3 Å². The maximum Gasteiger partial charge on any atom is 0.337 e. The van der Waals surface area contributed by atoms with Crippen molar-refractivity contribution in [1.82, 2.24) is 9.55 Å². The Labute approximate surface area is 110 Å². The number of anilines is 1. The molecule has 2 rings (SSSR count). The first-order valence-corrected chi connectivity index (χ1v) is 5.79. The van der Waals surface area contributed by atoms with Gasteiger partial charge in [0.05, 0.1) is 12.2 Å². The highest BCUT2D eigenvalue weighted by molar-refractivity contribution is 5.94. The van der Waals surface area contributed by atoms with Crippen molar-refractivity contribution in [2.75, 3.05) is 12.3 Å². The maximum absolute atomic E-state index is 10.9. The molecule has 0 aliphatic carbocycles. The number of carboxylic acids is 1. The molecule has 100 valence electrons. The predicted molar refractivity (Wildman–Crippen MR) is 70.2 cm³/mol. The number of hydrogen-bond acceptors (Lipinski definition) is 4. The highest BCUT2D eigenvalue weighted by Gasteiger charge is 2.09. The van der Waals surface area contributed by atoms with Gasteiger partial charge in [0, 0.05) is 31.5 Å². The molecule has 0 radical (unpaired) electrons. The summed E-state index contributed by atoms with van der Waals surface area (Å²) in [6, 6.07) is 4.61. The van der Waals surface area contributed by atoms with Crippen LogP contribution in [0.25, 0.3) is 0 Å². The van der Waals surface area contributed by atoms with Crippen molar-refractivity contribution in [1.29, 1.82) is 0 Å². The number of aryl methyl sites for hydroxylation is 1. The molecule has 6 nitrogen and oxygen atoms in total. The monoisotopic (exact) mass is 261 g/mol. The lowest BCUT2D eigenvalue weighted by Crippen LogP contribution is -2.07. The molecule has 0 saturated carbocycles. The number of hydrogen-bond donors (Lipinski definition) is 2. The quantitative estimate of drug-likeness (QED) is 0.792. The third-order valence-electron chi connectivity index (χ3n) is 2.77. The average Bonchev–Trinajstić information content (AvgIpc) is 2.77. The Morgan fingerprint density at radius 1 is 1.53 bits per heavy atom. The minimum atomic E-state index is -1.06. The van der Waals surface area contributed by atoms with Crippen molar-refractivity contribution in [2.45, 2.75) is 6.42 Å². The number of benzene rings is 1. The summed E-state index contributed by atoms with van der Waals surface area (Å²) in [5.41, 5.74) is 5.84. The first-order valence-electron chi connectivity index (χ1n) is 5.79. The lowest BCUT2D eigenvalue weighted by atomic mass is 10.2. The van der Waals surface area contributed by atoms with Gasteiger partial charge in [-0.25, -0.2) is 9.78 Å². The van der Waals surface area contributed by atoms with E-state index in [9.17, 15) is 4.79 Å². The van der Waals surface area contributed by atoms with Crippen molar-refractivity contribution >= 4 is 11.7 Å². The third kappa shape index (κ3) is 3.04. The number of ether oxygens (including phenoxy) is 1. The molecule has 0 amide bonds. The number of carbonyl (C=O) groups is 1. The fourth-order valence-corrected chi connectivity index (χ4v) is 1.71. The second-order valence-electron chi connectivity index (χ2n) is 4.11. The molecule has 1 aromatic heterocycles. The maximum atomic E-state index is 10.9. The number of aromatic carboxylic acids is 1. The highest BCUT2D eigenvalue weighted by Crippen LogP contribution is 2.19. The van der Waals surface area contributed by atoms with Crippen molar-refractivity contribution in [2.24, 2.45) is 7.05 Å². The van der Waals surface area contributed by atoms with Gasteiger partial charge in [-0.05, 0) is 18.2 Å². The number of nitrogen functional groups attached to an aromatic ring is 1. The van der Waals surface area contributed by atoms with E-state index in [4.69, 9.17) is 15.6 Å². The third-order valence-corrected chi connectivity index (χ3v) is 2.77. The van der Waals surface area contributed by atoms with Gasteiger partial charge < -0.3 is 20.1 Å². The molecule has 0 atom stereocenters. The van der Waals surface area contributed by atoms with Gasteiger partial charge in [0.1, 0.15) is 11.6 Å². The smallest absolute Gasteiger partial charge is 0.337 e. The molecule has 0 aliphatic rings. The molecule has 0 saturated heterocycles. The number of carboxylic acid groups (broad SMARTS) is 1. The van der Waals surface area contributed by atoms with Gasteiger partial charge >= 0.3 is 5.97 Å². The second-order valence-corrected chi connectivity index (χ2v) is 4.11. The molecular weight excluding hydrogens is 246 g/mol. The molecule has 0 spiro atoms. The largest absolute Gasteiger partial charge is 0.493 e. The molecule has 2 aromatic rings. The normalized spacial score (nSPS) is 10.4. The molecule has 1 heterocycles. The standard InChI is InChI=1S/C13H15N3O3/c1-16-6-5-15-12(16)4-7-19-9-2-3-11(14)10(8-9)13(17)18/h2-3,5-6,8H,4,7,14H2,1H3,(H,17,18). The van der Waals surface area contributed by atoms with E-state index >= 15 is 0 Å². The number of nitrogens with two attached hydrogens (primary N) is 1. The second kappa shape index (κ2) is 5.43. The zero-order valence-corrected chi connectivity index (χ0v) is 10.5. The minimum absolute atomic E-state index is 0.0505. The van der Waals surface area contributed by atoms with Crippen LogP contribution in [0, 0.1) is 0 Å². The van der Waals surface area contributed by atoms with Crippen LogP contribution < -0.4 is 10.5 Å². The van der Waals surface area contributed by atoms with E-state index in [0.29, 0.717) is 18.8 Å². The SMILES string of the molecule is Cn1ccnc1CCOc1ccc(N)c(C(=O)O)c1. The van der Waals surface area contributed by atoms with Crippen LogP contribution in [0.1, 0.15) is 16.2 Å². The highest BCUT2D eigenvalue weighted by atomic mass is 16.5. The van der Waals surface area contributed by atoms with Crippen molar-refractivity contribution in [3.8, 4) is 5.75 Å². The molecule has 1 aromatic carbocycles. The molecule has 0 aliphatic heterocycles. The lowest BCUT2D eigenvalue weighted by Gasteiger charge is -2.08. The van der Waals surface area contributed by atoms with Crippen LogP contribution in [0.2, 0.25) is 0 Å². The first kappa shape index (κ1) is 12.9. The van der Waals surface area contributed by atoms with Gasteiger partial charge in [0.15, 0.2) is 0 Å². The van der Waals surface area contributed by atoms with Crippen LogP contribution in [0.5, 0.6) is 5.75 Å². The predicted octanol–water partition coefficient (Wildman–Crippen LogP) is 1.32. The summed E-state index contributed by atoms with van der Waals surface area (Å²) in [6.07, 6.45) is 4.23. The van der Waals surface area contributed by atoms with Gasteiger partial charge in [0.2, 0.25) is 0 Å². The topological polar surface area (TPSA) is 90.4 Å². The van der Waals surface area contributed by atoms with Crippen molar-refractivity contribution in [3.63, 3.8) is 0 Å². The van der Waals surface area contributed by atoms with Crippen LogP contribution in [0.4, 0.5) is 5.69 Å². The fraction of sp³-hybridized carbons (Fsp3) is 0.231. The first-order chi connectivity index (χ1) is 9.08. The Morgan fingerprint density at radius 2 is 2.32 bits per heavy atom. The van der Waals surface area contributed by atoms with Gasteiger partial charge in [-0.1, -0.05) is 0 Å². The van der Waals surface area contributed by atoms with Crippen molar-refractivity contribution < 1.29 is 14.6 Å². The summed E-state index contributed by atoms with van der Waals surface area (Å²) in [4.78, 5) is 15.1. The zero-order chi connectivity index (χ0) is 13.8. The van der Waals surface area contributed by atoms with Crippen LogP contribution in [-0.2, 0) is 13.5 Å². The molecular formula is C13H15N3O3. The van der Waals surface area contributed by atoms with Crippen LogP contribution in [0.15, 0.2) is 30.6 Å². The summed E-state index contributed by atoms with van der Waals surface area (Å²) in [7, 11) is 1.91. The fourth-order valence-electron chi connectivity index (χ4n) is 1.71. The van der Waals surface area contributed by atoms with Gasteiger partial charge in [0.25, 0.3) is 0 Å². The minimum Gasteiger partial charge on any atom is -0.493 e. The molecule has 6 heteroatoms. The Kier molecular flexibility index (Phi) is 3.70. The number of nitrogens with zero attached hydrogens (tertiary/aromatic N) is 2. The summed E-state index contributed by atoms with van der Waals surface area (Å²) >= 11 is 0. The Balaban J connectivity index is 1.98. The molecule has 0 bridgehead atoms. The molecule has 0 fully saturated rings. The average molecular weight is 261 g/mol. The van der Waals surface area contributed by atoms with E-state index in [1.165, 1.54) is 12.1 Å². The van der Waals surface area contributed by atoms with Crippen molar-refractivity contribution in [3.05, 3.63) is 42.0 Å². The Bertz CT molecular complexity index is 593. The lowest BCUT2D eigenvalue weighted by molar-refractivity contribution is 0.0697. The van der Waals surface area contributed by atoms with Gasteiger partial charge in [-0.3, -0.25) is 0 Å². The molecule has 0 unspecified atom stereocenters. The Morgan fingerprint density at radius 3 is 2.95 bits per heavy atom. The number of aromatic nitrogens is 2. The van der Waals surface area contributed by atoms with E-state index in [2.05, 4.69) is 4.98 Å². The Hall–Kier alpha value is -2.50. The van der Waals surface area contributed by atoms with Crippen LogP contribution >= 0.6 is 0 Å². The number of rotatable bonds is 5. The van der Waals surface area contributed by atoms with E-state index in [1.54, 1.807) is 12.3 Å². The molecule has 19 heavy (non-hydrogen) atoms. The van der Waals surface area contributed by atoms with E-state index in [1.807, 2.05) is 17.8 Å². The van der Waals surface area contributed by atoms with E-state index in [0.717, 1.165) is 5.82 Å².